The van der Waals surface area contributed by atoms with Gasteiger partial charge in [-0.25, -0.2) is 0 Å². The van der Waals surface area contributed by atoms with Crippen LogP contribution in [0.4, 0.5) is 0 Å². The van der Waals surface area contributed by atoms with Crippen molar-refractivity contribution in [3.05, 3.63) is 11.1 Å². The summed E-state index contributed by atoms with van der Waals surface area (Å²) in [6.07, 6.45) is 5.72. The fourth-order valence-electron chi connectivity index (χ4n) is 6.86. The summed E-state index contributed by atoms with van der Waals surface area (Å²) in [5, 5.41) is 0. The van der Waals surface area contributed by atoms with E-state index in [4.69, 9.17) is 4.74 Å². The zero-order valence-corrected chi connectivity index (χ0v) is 13.9. The van der Waals surface area contributed by atoms with E-state index in [-0.39, 0.29) is 0 Å². The average molecular weight is 274 g/mol. The lowest BCUT2D eigenvalue weighted by Gasteiger charge is -2.59. The Bertz CT molecular complexity index is 484. The molecule has 112 valence electrons. The van der Waals surface area contributed by atoms with E-state index < -0.39 is 0 Å². The molecule has 1 aliphatic heterocycles. The second kappa shape index (κ2) is 3.72. The van der Waals surface area contributed by atoms with Gasteiger partial charge in [0.2, 0.25) is 0 Å². The highest BCUT2D eigenvalue weighted by atomic mass is 16.5. The lowest BCUT2D eigenvalue weighted by atomic mass is 9.46. The normalized spacial score (nSPS) is 48.1. The van der Waals surface area contributed by atoms with Crippen LogP contribution in [0.1, 0.15) is 60.3 Å². The molecule has 1 nitrogen and oxygen atoms in total. The van der Waals surface area contributed by atoms with E-state index in [2.05, 4.69) is 34.6 Å². The molecule has 2 unspecified atom stereocenters. The number of ether oxygens (including phenoxy) is 1. The lowest BCUT2D eigenvalue weighted by Crippen LogP contribution is -2.51. The topological polar surface area (TPSA) is 9.23 Å². The predicted octanol–water partition coefficient (Wildman–Crippen LogP) is 4.82. The summed E-state index contributed by atoms with van der Waals surface area (Å²) in [5.74, 6) is 2.43. The molecule has 2 bridgehead atoms. The van der Waals surface area contributed by atoms with Crippen molar-refractivity contribution in [2.45, 2.75) is 60.3 Å². The third-order valence-corrected chi connectivity index (χ3v) is 7.80. The lowest BCUT2D eigenvalue weighted by molar-refractivity contribution is -0.0405. The largest absolute Gasteiger partial charge is 0.376 e. The van der Waals surface area contributed by atoms with Crippen LogP contribution in [0.2, 0.25) is 0 Å². The molecule has 0 aromatic rings. The molecule has 4 atom stereocenters. The van der Waals surface area contributed by atoms with Crippen LogP contribution in [0.5, 0.6) is 0 Å². The molecule has 1 heterocycles. The van der Waals surface area contributed by atoms with Crippen molar-refractivity contribution >= 4 is 0 Å². The highest BCUT2D eigenvalue weighted by Crippen LogP contribution is 2.76. The Morgan fingerprint density at radius 2 is 1.90 bits per heavy atom. The number of hydrogen-bond donors (Lipinski definition) is 0. The van der Waals surface area contributed by atoms with Crippen molar-refractivity contribution in [2.75, 3.05) is 13.2 Å². The highest BCUT2D eigenvalue weighted by molar-refractivity contribution is 5.36. The molecule has 3 aliphatic carbocycles. The van der Waals surface area contributed by atoms with Crippen molar-refractivity contribution in [1.29, 1.82) is 0 Å². The molecule has 0 saturated heterocycles. The van der Waals surface area contributed by atoms with Gasteiger partial charge in [0, 0.05) is 5.92 Å². The van der Waals surface area contributed by atoms with Crippen LogP contribution < -0.4 is 0 Å². The van der Waals surface area contributed by atoms with Crippen LogP contribution >= 0.6 is 0 Å². The van der Waals surface area contributed by atoms with Gasteiger partial charge in [0.1, 0.15) is 0 Å². The zero-order valence-electron chi connectivity index (χ0n) is 13.9. The molecule has 0 aromatic heterocycles. The fourth-order valence-corrected chi connectivity index (χ4v) is 6.86. The standard InChI is InChI=1S/C19H30O/c1-12-10-20-11-13-8-17(2,3)19-7-6-14(9-19)18(4,5)16(19)15(12)13/h12,14,16H,6-11H2,1-5H3/t12?,14-,16?,19-/m0/s1. The van der Waals surface area contributed by atoms with Gasteiger partial charge in [-0.3, -0.25) is 0 Å². The van der Waals surface area contributed by atoms with Crippen LogP contribution in [0.3, 0.4) is 0 Å². The smallest absolute Gasteiger partial charge is 0.0680 e. The van der Waals surface area contributed by atoms with Crippen molar-refractivity contribution < 1.29 is 4.74 Å². The van der Waals surface area contributed by atoms with Gasteiger partial charge in [-0.15, -0.1) is 0 Å². The minimum atomic E-state index is 0.458. The number of fused-ring (bicyclic) bond motifs is 2. The Hall–Kier alpha value is -0.300. The molecule has 20 heavy (non-hydrogen) atoms. The summed E-state index contributed by atoms with van der Waals surface area (Å²) in [5.41, 5.74) is 5.06. The molecule has 0 aromatic carbocycles. The van der Waals surface area contributed by atoms with Gasteiger partial charge in [0.05, 0.1) is 13.2 Å². The first-order chi connectivity index (χ1) is 9.30. The molecular formula is C19H30O. The summed E-state index contributed by atoms with van der Waals surface area (Å²) < 4.78 is 5.88. The first-order valence-corrected chi connectivity index (χ1v) is 8.59. The van der Waals surface area contributed by atoms with Gasteiger partial charge in [-0.05, 0) is 59.3 Å². The van der Waals surface area contributed by atoms with Crippen LogP contribution in [-0.4, -0.2) is 13.2 Å². The SMILES string of the molecule is CC1COCC2=C1C1C(C)(C)[C@H]3CC[C@@]1(C3)C(C)(C)C2. The third-order valence-electron chi connectivity index (χ3n) is 7.80. The van der Waals surface area contributed by atoms with Crippen molar-refractivity contribution in [3.8, 4) is 0 Å². The summed E-state index contributed by atoms with van der Waals surface area (Å²) in [6.45, 7) is 14.5. The van der Waals surface area contributed by atoms with Crippen molar-refractivity contribution in [3.63, 3.8) is 0 Å². The van der Waals surface area contributed by atoms with E-state index in [1.54, 1.807) is 5.57 Å². The highest BCUT2D eigenvalue weighted by Gasteiger charge is 2.69. The quantitative estimate of drug-likeness (QED) is 0.575. The summed E-state index contributed by atoms with van der Waals surface area (Å²) in [7, 11) is 0. The van der Waals surface area contributed by atoms with Crippen LogP contribution in [0.25, 0.3) is 0 Å². The van der Waals surface area contributed by atoms with Gasteiger partial charge in [0.15, 0.2) is 0 Å². The van der Waals surface area contributed by atoms with Gasteiger partial charge in [-0.1, -0.05) is 40.2 Å². The zero-order chi connectivity index (χ0) is 14.3. The summed E-state index contributed by atoms with van der Waals surface area (Å²) in [4.78, 5) is 0. The molecule has 4 rings (SSSR count). The number of hydrogen-bond acceptors (Lipinski definition) is 1. The second-order valence-corrected chi connectivity index (χ2v) is 9.39. The fraction of sp³-hybridized carbons (Fsp3) is 0.895. The summed E-state index contributed by atoms with van der Waals surface area (Å²) >= 11 is 0. The first-order valence-electron chi connectivity index (χ1n) is 8.59. The maximum Gasteiger partial charge on any atom is 0.0680 e. The Labute approximate surface area is 124 Å². The molecule has 0 radical (unpaired) electrons. The Morgan fingerprint density at radius 3 is 2.65 bits per heavy atom. The minimum absolute atomic E-state index is 0.458. The van der Waals surface area contributed by atoms with Crippen molar-refractivity contribution in [2.24, 2.45) is 34.0 Å². The third kappa shape index (κ3) is 1.34. The average Bonchev–Trinajstić information content (AvgIpc) is 2.86. The monoisotopic (exact) mass is 274 g/mol. The van der Waals surface area contributed by atoms with E-state index in [0.717, 1.165) is 25.0 Å². The Morgan fingerprint density at radius 1 is 1.15 bits per heavy atom. The molecule has 1 heteroatoms. The first kappa shape index (κ1) is 13.4. The van der Waals surface area contributed by atoms with Crippen LogP contribution in [0.15, 0.2) is 11.1 Å². The van der Waals surface area contributed by atoms with Gasteiger partial charge >= 0.3 is 0 Å². The molecule has 2 saturated carbocycles. The molecule has 0 N–H and O–H groups in total. The predicted molar refractivity (Wildman–Crippen MR) is 82.5 cm³/mol. The molecule has 4 aliphatic rings. The van der Waals surface area contributed by atoms with E-state index >= 15 is 0 Å². The van der Waals surface area contributed by atoms with Crippen LogP contribution in [-0.2, 0) is 4.74 Å². The maximum absolute atomic E-state index is 5.88. The molecule has 2 fully saturated rings. The van der Waals surface area contributed by atoms with Gasteiger partial charge in [0.25, 0.3) is 0 Å². The molecule has 0 amide bonds. The summed E-state index contributed by atoms with van der Waals surface area (Å²) in [6, 6.07) is 0. The minimum Gasteiger partial charge on any atom is -0.376 e. The van der Waals surface area contributed by atoms with E-state index in [9.17, 15) is 0 Å². The van der Waals surface area contributed by atoms with E-state index in [0.29, 0.717) is 22.2 Å². The maximum atomic E-state index is 5.88. The van der Waals surface area contributed by atoms with Crippen molar-refractivity contribution in [1.82, 2.24) is 0 Å². The molecule has 1 spiro atoms. The van der Waals surface area contributed by atoms with Gasteiger partial charge < -0.3 is 4.74 Å². The second-order valence-electron chi connectivity index (χ2n) is 9.39. The van der Waals surface area contributed by atoms with E-state index in [1.165, 1.54) is 25.7 Å². The Kier molecular flexibility index (Phi) is 2.48. The number of rotatable bonds is 0. The van der Waals surface area contributed by atoms with Crippen LogP contribution in [0, 0.1) is 34.0 Å². The molecular weight excluding hydrogens is 244 g/mol. The van der Waals surface area contributed by atoms with E-state index in [1.807, 2.05) is 5.57 Å². The van der Waals surface area contributed by atoms with Gasteiger partial charge in [-0.2, -0.15) is 0 Å². The Balaban J connectivity index is 1.93.